The van der Waals surface area contributed by atoms with Crippen LogP contribution in [0.2, 0.25) is 0 Å². The molecule has 0 radical (unpaired) electrons. The van der Waals surface area contributed by atoms with Crippen molar-refractivity contribution in [1.29, 1.82) is 0 Å². The highest BCUT2D eigenvalue weighted by Gasteiger charge is 2.25. The minimum atomic E-state index is -3.23. The van der Waals surface area contributed by atoms with Crippen molar-refractivity contribution in [3.63, 3.8) is 0 Å². The van der Waals surface area contributed by atoms with Gasteiger partial charge in [0.25, 0.3) is 5.91 Å². The molecule has 2 aromatic rings. The van der Waals surface area contributed by atoms with E-state index < -0.39 is 9.92 Å². The van der Waals surface area contributed by atoms with Crippen LogP contribution in [0.1, 0.15) is 52.6 Å². The summed E-state index contributed by atoms with van der Waals surface area (Å²) in [5, 5.41) is 6.04. The van der Waals surface area contributed by atoms with Gasteiger partial charge in [0, 0.05) is 6.54 Å². The lowest BCUT2D eigenvalue weighted by atomic mass is 9.92. The summed E-state index contributed by atoms with van der Waals surface area (Å²) < 4.78 is 17.0. The number of benzene rings is 2. The number of fused-ring (bicyclic) bond motifs is 2. The van der Waals surface area contributed by atoms with E-state index in [1.807, 2.05) is 12.1 Å². The molecule has 0 spiro atoms. The van der Waals surface area contributed by atoms with Crippen molar-refractivity contribution in [2.45, 2.75) is 62.8 Å². The molecule has 1 fully saturated rings. The van der Waals surface area contributed by atoms with Gasteiger partial charge in [-0.3, -0.25) is 9.69 Å². The van der Waals surface area contributed by atoms with Crippen molar-refractivity contribution in [2.24, 2.45) is 9.50 Å². The van der Waals surface area contributed by atoms with Gasteiger partial charge >= 0.3 is 0 Å². The third-order valence-corrected chi connectivity index (χ3v) is 8.20. The van der Waals surface area contributed by atoms with E-state index in [-0.39, 0.29) is 12.3 Å². The number of hydrogen-bond donors (Lipinski definition) is 1. The number of hydrogen-bond acceptors (Lipinski definition) is 3. The van der Waals surface area contributed by atoms with Crippen LogP contribution in [0.5, 0.6) is 0 Å². The van der Waals surface area contributed by atoms with E-state index in [1.165, 1.54) is 28.7 Å². The van der Waals surface area contributed by atoms with E-state index in [9.17, 15) is 9.00 Å². The third kappa shape index (κ3) is 3.84. The number of aryl methyl sites for hydroxylation is 2. The van der Waals surface area contributed by atoms with Gasteiger partial charge in [-0.2, -0.15) is 0 Å². The highest BCUT2D eigenvalue weighted by atomic mass is 32.2. The number of carbonyl (C=O) groups is 1. The fraction of sp³-hybridized carbons (Fsp3) is 0.458. The zero-order valence-corrected chi connectivity index (χ0v) is 18.2. The molecule has 1 amide bonds. The molecule has 2 aliphatic carbocycles. The summed E-state index contributed by atoms with van der Waals surface area (Å²) in [5.74, 6) is -0.374. The smallest absolute Gasteiger partial charge is 0.259 e. The summed E-state index contributed by atoms with van der Waals surface area (Å²) in [6.45, 7) is 3.16. The van der Waals surface area contributed by atoms with Crippen molar-refractivity contribution in [1.82, 2.24) is 4.90 Å². The molecule has 1 saturated heterocycles. The van der Waals surface area contributed by atoms with Crippen molar-refractivity contribution in [3.05, 3.63) is 63.7 Å². The van der Waals surface area contributed by atoms with Gasteiger partial charge in [-0.15, -0.1) is 4.36 Å². The van der Waals surface area contributed by atoms with Crippen LogP contribution in [-0.4, -0.2) is 28.1 Å². The van der Waals surface area contributed by atoms with Gasteiger partial charge in [0.05, 0.1) is 11.3 Å². The molecule has 5 nitrogen and oxygen atoms in total. The van der Waals surface area contributed by atoms with Crippen LogP contribution in [0.15, 0.2) is 39.6 Å². The van der Waals surface area contributed by atoms with Crippen LogP contribution in [0.4, 0.5) is 0 Å². The second-order valence-electron chi connectivity index (χ2n) is 8.84. The maximum atomic E-state index is 13.0. The number of carbonyl (C=O) groups excluding carboxylic acids is 1. The molecule has 1 atom stereocenters. The first-order chi connectivity index (χ1) is 14.5. The SMILES string of the molecule is NS(=O)(=NC(=O)Cc1c2c(cc3c1CCC3)CCC2)c1ccc(CN2CCC2)cc1. The minimum absolute atomic E-state index is 0.215. The van der Waals surface area contributed by atoms with Gasteiger partial charge in [-0.1, -0.05) is 18.2 Å². The zero-order chi connectivity index (χ0) is 20.7. The summed E-state index contributed by atoms with van der Waals surface area (Å²) in [5.41, 5.74) is 7.76. The average Bonchev–Trinajstić information content (AvgIpc) is 3.33. The Hall–Kier alpha value is -2.02. The van der Waals surface area contributed by atoms with E-state index >= 15 is 0 Å². The summed E-state index contributed by atoms with van der Waals surface area (Å²) in [6, 6.07) is 9.75. The molecule has 158 valence electrons. The van der Waals surface area contributed by atoms with E-state index in [1.54, 1.807) is 12.1 Å². The largest absolute Gasteiger partial charge is 0.299 e. The first kappa shape index (κ1) is 19.9. The quantitative estimate of drug-likeness (QED) is 0.801. The predicted octanol–water partition coefficient (Wildman–Crippen LogP) is 3.34. The molecule has 1 heterocycles. The molecule has 0 saturated carbocycles. The zero-order valence-electron chi connectivity index (χ0n) is 17.4. The molecular weight excluding hydrogens is 394 g/mol. The van der Waals surface area contributed by atoms with Gasteiger partial charge in [0.15, 0.2) is 0 Å². The van der Waals surface area contributed by atoms with Gasteiger partial charge < -0.3 is 0 Å². The van der Waals surface area contributed by atoms with Gasteiger partial charge in [-0.05, 0) is 104 Å². The normalized spacial score (nSPS) is 19.6. The molecule has 3 aliphatic rings. The number of nitrogens with zero attached hydrogens (tertiary/aromatic N) is 2. The van der Waals surface area contributed by atoms with Crippen LogP contribution < -0.4 is 5.14 Å². The Labute approximate surface area is 179 Å². The van der Waals surface area contributed by atoms with Gasteiger partial charge in [0.2, 0.25) is 0 Å². The number of rotatable bonds is 5. The Morgan fingerprint density at radius 2 is 1.60 bits per heavy atom. The van der Waals surface area contributed by atoms with E-state index in [0.29, 0.717) is 4.90 Å². The van der Waals surface area contributed by atoms with E-state index in [4.69, 9.17) is 5.14 Å². The van der Waals surface area contributed by atoms with E-state index in [2.05, 4.69) is 15.3 Å². The highest BCUT2D eigenvalue weighted by Crippen LogP contribution is 2.35. The molecule has 1 unspecified atom stereocenters. The predicted molar refractivity (Wildman–Crippen MR) is 119 cm³/mol. The second kappa shape index (κ2) is 7.91. The molecule has 30 heavy (non-hydrogen) atoms. The van der Waals surface area contributed by atoms with Crippen LogP contribution >= 0.6 is 0 Å². The molecule has 6 heteroatoms. The fourth-order valence-electron chi connectivity index (χ4n) is 5.12. The van der Waals surface area contributed by atoms with Gasteiger partial charge in [0.1, 0.15) is 9.92 Å². The van der Waals surface area contributed by atoms with Crippen LogP contribution in [0, 0.1) is 0 Å². The lowest BCUT2D eigenvalue weighted by Crippen LogP contribution is -2.36. The molecule has 1 aliphatic heterocycles. The lowest BCUT2D eigenvalue weighted by Gasteiger charge is -2.30. The first-order valence-corrected chi connectivity index (χ1v) is 12.6. The topological polar surface area (TPSA) is 75.8 Å². The molecule has 5 rings (SSSR count). The van der Waals surface area contributed by atoms with Crippen molar-refractivity contribution in [2.75, 3.05) is 13.1 Å². The maximum Gasteiger partial charge on any atom is 0.259 e. The monoisotopic (exact) mass is 423 g/mol. The molecule has 2 N–H and O–H groups in total. The average molecular weight is 424 g/mol. The highest BCUT2D eigenvalue weighted by molar-refractivity contribution is 7.91. The third-order valence-electron chi connectivity index (χ3n) is 6.78. The fourth-order valence-corrected chi connectivity index (χ4v) is 6.12. The molecule has 0 bridgehead atoms. The Morgan fingerprint density at radius 3 is 2.17 bits per heavy atom. The van der Waals surface area contributed by atoms with Gasteiger partial charge in [-0.25, -0.2) is 9.35 Å². The Bertz CT molecular complexity index is 1080. The molecule has 0 aromatic heterocycles. The standard InChI is InChI=1S/C24H29N3O2S/c25-30(29,20-10-8-17(9-11-20)16-27-12-3-13-27)26-24(28)15-23-21-6-1-4-18(21)14-19-5-2-7-22(19)23/h8-11,14H,1-7,12-13,15-16H2,(H2,25,26,28,29). The maximum absolute atomic E-state index is 13.0. The number of nitrogens with two attached hydrogens (primary N) is 1. The second-order valence-corrected chi connectivity index (χ2v) is 10.6. The van der Waals surface area contributed by atoms with Crippen LogP contribution in [0.3, 0.4) is 0 Å². The Kier molecular flexibility index (Phi) is 5.25. The number of likely N-dealkylation sites (tertiary alicyclic amines) is 1. The van der Waals surface area contributed by atoms with Crippen molar-refractivity contribution >= 4 is 15.8 Å². The van der Waals surface area contributed by atoms with Crippen molar-refractivity contribution < 1.29 is 9.00 Å². The Morgan fingerprint density at radius 1 is 0.967 bits per heavy atom. The van der Waals surface area contributed by atoms with Crippen LogP contribution in [-0.2, 0) is 53.4 Å². The minimum Gasteiger partial charge on any atom is -0.299 e. The van der Waals surface area contributed by atoms with Crippen molar-refractivity contribution in [3.8, 4) is 0 Å². The summed E-state index contributed by atoms with van der Waals surface area (Å²) in [7, 11) is -3.23. The summed E-state index contributed by atoms with van der Waals surface area (Å²) in [6.07, 6.45) is 8.01. The summed E-state index contributed by atoms with van der Waals surface area (Å²) in [4.78, 5) is 15.6. The molecule has 2 aromatic carbocycles. The van der Waals surface area contributed by atoms with Crippen LogP contribution in [0.25, 0.3) is 0 Å². The first-order valence-electron chi connectivity index (χ1n) is 11.0. The molecular formula is C24H29N3O2S. The van der Waals surface area contributed by atoms with E-state index in [0.717, 1.165) is 69.3 Å². The lowest BCUT2D eigenvalue weighted by molar-refractivity contribution is -0.117. The summed E-state index contributed by atoms with van der Waals surface area (Å²) >= 11 is 0. The Balaban J connectivity index is 1.37. The number of amides is 1.